The van der Waals surface area contributed by atoms with Crippen LogP contribution in [0.15, 0.2) is 24.3 Å². The third-order valence-electron chi connectivity index (χ3n) is 3.13. The van der Waals surface area contributed by atoms with E-state index < -0.39 is 0 Å². The van der Waals surface area contributed by atoms with E-state index in [1.807, 2.05) is 12.1 Å². The zero-order valence-electron chi connectivity index (χ0n) is 11.6. The molecule has 18 heavy (non-hydrogen) atoms. The molecule has 2 heteroatoms. The van der Waals surface area contributed by atoms with Crippen LogP contribution in [0.4, 0.5) is 0 Å². The van der Waals surface area contributed by atoms with Gasteiger partial charge < -0.3 is 5.11 Å². The molecule has 0 saturated heterocycles. The molecule has 0 saturated carbocycles. The summed E-state index contributed by atoms with van der Waals surface area (Å²) < 4.78 is 0. The van der Waals surface area contributed by atoms with Gasteiger partial charge in [-0.2, -0.15) is 0 Å². The quantitative estimate of drug-likeness (QED) is 0.806. The Morgan fingerprint density at radius 2 is 2.17 bits per heavy atom. The monoisotopic (exact) mass is 245 g/mol. The minimum atomic E-state index is -0.0857. The number of hydrogen-bond donors (Lipinski definition) is 1. The molecule has 0 amide bonds. The standard InChI is InChI=1S/C16H23NO/c1-4-7-14(2)17(3)13-16-9-5-8-15(12-16)10-6-11-18/h5,8-9,12,14,18H,4,7,11,13H2,1-3H3. The molecular weight excluding hydrogens is 222 g/mol. The van der Waals surface area contributed by atoms with E-state index in [2.05, 4.69) is 49.8 Å². The largest absolute Gasteiger partial charge is 0.384 e. The van der Waals surface area contributed by atoms with Crippen LogP contribution >= 0.6 is 0 Å². The molecule has 0 aliphatic rings. The van der Waals surface area contributed by atoms with E-state index in [0.29, 0.717) is 6.04 Å². The summed E-state index contributed by atoms with van der Waals surface area (Å²) in [6.45, 7) is 5.34. The Labute approximate surface area is 111 Å². The van der Waals surface area contributed by atoms with Gasteiger partial charge in [0.15, 0.2) is 0 Å². The summed E-state index contributed by atoms with van der Waals surface area (Å²) in [5.41, 5.74) is 2.24. The van der Waals surface area contributed by atoms with Crippen molar-refractivity contribution in [3.63, 3.8) is 0 Å². The number of nitrogens with zero attached hydrogens (tertiary/aromatic N) is 1. The van der Waals surface area contributed by atoms with Crippen LogP contribution in [0, 0.1) is 11.8 Å². The highest BCUT2D eigenvalue weighted by Crippen LogP contribution is 2.11. The van der Waals surface area contributed by atoms with E-state index >= 15 is 0 Å². The van der Waals surface area contributed by atoms with Gasteiger partial charge in [0.25, 0.3) is 0 Å². The second kappa shape index (κ2) is 7.92. The van der Waals surface area contributed by atoms with Gasteiger partial charge in [-0.3, -0.25) is 4.90 Å². The topological polar surface area (TPSA) is 23.5 Å². The average molecular weight is 245 g/mol. The van der Waals surface area contributed by atoms with Crippen LogP contribution in [0.25, 0.3) is 0 Å². The highest BCUT2D eigenvalue weighted by atomic mass is 16.2. The van der Waals surface area contributed by atoms with Crippen molar-refractivity contribution >= 4 is 0 Å². The van der Waals surface area contributed by atoms with Crippen molar-refractivity contribution in [3.05, 3.63) is 35.4 Å². The Kier molecular flexibility index (Phi) is 6.49. The van der Waals surface area contributed by atoms with Gasteiger partial charge in [-0.15, -0.1) is 0 Å². The van der Waals surface area contributed by atoms with Crippen LogP contribution in [-0.2, 0) is 6.54 Å². The minimum Gasteiger partial charge on any atom is -0.384 e. The summed E-state index contributed by atoms with van der Waals surface area (Å²) >= 11 is 0. The fourth-order valence-electron chi connectivity index (χ4n) is 1.97. The molecule has 0 heterocycles. The summed E-state index contributed by atoms with van der Waals surface area (Å²) in [6, 6.07) is 8.82. The van der Waals surface area contributed by atoms with Crippen LogP contribution in [0.1, 0.15) is 37.8 Å². The second-order valence-corrected chi connectivity index (χ2v) is 4.71. The average Bonchev–Trinajstić information content (AvgIpc) is 2.37. The lowest BCUT2D eigenvalue weighted by atomic mass is 10.1. The first-order valence-corrected chi connectivity index (χ1v) is 6.56. The molecule has 1 unspecified atom stereocenters. The summed E-state index contributed by atoms with van der Waals surface area (Å²) in [6.07, 6.45) is 2.44. The SMILES string of the molecule is CCCC(C)N(C)Cc1cccc(C#CCO)c1. The molecule has 0 aliphatic heterocycles. The zero-order valence-corrected chi connectivity index (χ0v) is 11.6. The van der Waals surface area contributed by atoms with Gasteiger partial charge in [0, 0.05) is 18.2 Å². The highest BCUT2D eigenvalue weighted by Gasteiger charge is 2.08. The molecule has 1 aromatic carbocycles. The molecule has 2 nitrogen and oxygen atoms in total. The molecule has 0 fully saturated rings. The van der Waals surface area contributed by atoms with Gasteiger partial charge in [-0.25, -0.2) is 0 Å². The van der Waals surface area contributed by atoms with Crippen LogP contribution in [0.5, 0.6) is 0 Å². The van der Waals surface area contributed by atoms with Gasteiger partial charge in [-0.1, -0.05) is 37.3 Å². The molecule has 0 aromatic heterocycles. The van der Waals surface area contributed by atoms with E-state index in [1.54, 1.807) is 0 Å². The van der Waals surface area contributed by atoms with Crippen molar-refractivity contribution in [1.82, 2.24) is 4.90 Å². The third kappa shape index (κ3) is 4.91. The molecule has 0 aliphatic carbocycles. The lowest BCUT2D eigenvalue weighted by Crippen LogP contribution is -2.28. The molecule has 0 radical (unpaired) electrons. The maximum absolute atomic E-state index is 8.69. The predicted molar refractivity (Wildman–Crippen MR) is 76.2 cm³/mol. The Hall–Kier alpha value is -1.30. The summed E-state index contributed by atoms with van der Waals surface area (Å²) in [7, 11) is 2.16. The number of benzene rings is 1. The maximum atomic E-state index is 8.69. The number of aliphatic hydroxyl groups is 1. The Balaban J connectivity index is 2.67. The van der Waals surface area contributed by atoms with E-state index in [0.717, 1.165) is 12.1 Å². The summed E-state index contributed by atoms with van der Waals surface area (Å²) in [5.74, 6) is 5.62. The van der Waals surface area contributed by atoms with Crippen LogP contribution in [-0.4, -0.2) is 29.7 Å². The summed E-state index contributed by atoms with van der Waals surface area (Å²) in [5, 5.41) is 8.69. The molecule has 1 aromatic rings. The molecule has 1 rings (SSSR count). The van der Waals surface area contributed by atoms with Gasteiger partial charge in [0.2, 0.25) is 0 Å². The van der Waals surface area contributed by atoms with Crippen molar-refractivity contribution < 1.29 is 5.11 Å². The number of rotatable bonds is 5. The fourth-order valence-corrected chi connectivity index (χ4v) is 1.97. The first-order valence-electron chi connectivity index (χ1n) is 6.56. The van der Waals surface area contributed by atoms with Crippen molar-refractivity contribution in [3.8, 4) is 11.8 Å². The predicted octanol–water partition coefficient (Wildman–Crippen LogP) is 2.65. The van der Waals surface area contributed by atoms with Crippen LogP contribution < -0.4 is 0 Å². The van der Waals surface area contributed by atoms with E-state index in [4.69, 9.17) is 5.11 Å². The Bertz CT molecular complexity index is 417. The maximum Gasteiger partial charge on any atom is 0.104 e. The summed E-state index contributed by atoms with van der Waals surface area (Å²) in [4.78, 5) is 2.36. The normalized spacial score (nSPS) is 12.1. The van der Waals surface area contributed by atoms with Gasteiger partial charge in [0.1, 0.15) is 6.61 Å². The Morgan fingerprint density at radius 3 is 2.83 bits per heavy atom. The molecule has 98 valence electrons. The zero-order chi connectivity index (χ0) is 13.4. The molecular formula is C16H23NO. The molecule has 1 atom stereocenters. The fraction of sp³-hybridized carbons (Fsp3) is 0.500. The van der Waals surface area contributed by atoms with E-state index in [-0.39, 0.29) is 6.61 Å². The van der Waals surface area contributed by atoms with E-state index in [1.165, 1.54) is 18.4 Å². The lowest BCUT2D eigenvalue weighted by molar-refractivity contribution is 0.237. The van der Waals surface area contributed by atoms with Crippen LogP contribution in [0.2, 0.25) is 0 Å². The van der Waals surface area contributed by atoms with Crippen molar-refractivity contribution in [2.24, 2.45) is 0 Å². The molecule has 0 bridgehead atoms. The van der Waals surface area contributed by atoms with Crippen molar-refractivity contribution in [2.45, 2.75) is 39.3 Å². The molecule has 1 N–H and O–H groups in total. The minimum absolute atomic E-state index is 0.0857. The lowest BCUT2D eigenvalue weighted by Gasteiger charge is -2.24. The first kappa shape index (κ1) is 14.8. The smallest absolute Gasteiger partial charge is 0.104 e. The first-order chi connectivity index (χ1) is 8.67. The van der Waals surface area contributed by atoms with Gasteiger partial charge in [-0.05, 0) is 38.1 Å². The molecule has 0 spiro atoms. The Morgan fingerprint density at radius 1 is 1.39 bits per heavy atom. The third-order valence-corrected chi connectivity index (χ3v) is 3.13. The highest BCUT2D eigenvalue weighted by molar-refractivity contribution is 5.37. The van der Waals surface area contributed by atoms with E-state index in [9.17, 15) is 0 Å². The van der Waals surface area contributed by atoms with Crippen LogP contribution in [0.3, 0.4) is 0 Å². The second-order valence-electron chi connectivity index (χ2n) is 4.71. The van der Waals surface area contributed by atoms with Gasteiger partial charge >= 0.3 is 0 Å². The number of aliphatic hydroxyl groups excluding tert-OH is 1. The number of hydrogen-bond acceptors (Lipinski definition) is 2. The van der Waals surface area contributed by atoms with Crippen molar-refractivity contribution in [2.75, 3.05) is 13.7 Å². The van der Waals surface area contributed by atoms with Crippen molar-refractivity contribution in [1.29, 1.82) is 0 Å². The van der Waals surface area contributed by atoms with Gasteiger partial charge in [0.05, 0.1) is 0 Å².